The molecule has 1 aromatic carbocycles. The standard InChI is InChI=1S/C12H13ClF3NO3/c1-11(2,10(18)17-19-7-12(14,15)16)20-9-5-3-8(13)4-6-9/h3-6H,7H2,1-2H3,(H,17,18). The maximum Gasteiger partial charge on any atom is 0.414 e. The molecule has 0 saturated heterocycles. The van der Waals surface area contributed by atoms with Crippen LogP contribution in [0.25, 0.3) is 0 Å². The Labute approximate surface area is 118 Å². The van der Waals surface area contributed by atoms with Gasteiger partial charge in [-0.25, -0.2) is 5.48 Å². The van der Waals surface area contributed by atoms with E-state index in [1.54, 1.807) is 17.6 Å². The lowest BCUT2D eigenvalue weighted by atomic mass is 10.1. The molecule has 1 amide bonds. The summed E-state index contributed by atoms with van der Waals surface area (Å²) in [5, 5.41) is 0.494. The minimum absolute atomic E-state index is 0.352. The molecule has 0 aliphatic heterocycles. The second kappa shape index (κ2) is 6.32. The highest BCUT2D eigenvalue weighted by Crippen LogP contribution is 2.21. The third-order valence-corrected chi connectivity index (χ3v) is 2.39. The summed E-state index contributed by atoms with van der Waals surface area (Å²) in [7, 11) is 0. The van der Waals surface area contributed by atoms with E-state index in [4.69, 9.17) is 16.3 Å². The minimum Gasteiger partial charge on any atom is -0.478 e. The number of rotatable bonds is 5. The summed E-state index contributed by atoms with van der Waals surface area (Å²) in [6, 6.07) is 6.19. The van der Waals surface area contributed by atoms with Crippen molar-refractivity contribution in [1.82, 2.24) is 5.48 Å². The highest BCUT2D eigenvalue weighted by Gasteiger charge is 2.33. The largest absolute Gasteiger partial charge is 0.478 e. The quantitative estimate of drug-likeness (QED) is 0.850. The summed E-state index contributed by atoms with van der Waals surface area (Å²) >= 11 is 5.70. The van der Waals surface area contributed by atoms with Gasteiger partial charge in [0.05, 0.1) is 0 Å². The first-order valence-corrected chi connectivity index (χ1v) is 5.91. The zero-order valence-corrected chi connectivity index (χ0v) is 11.5. The van der Waals surface area contributed by atoms with E-state index in [0.29, 0.717) is 10.8 Å². The number of carbonyl (C=O) groups excluding carboxylic acids is 1. The van der Waals surface area contributed by atoms with Crippen molar-refractivity contribution in [1.29, 1.82) is 0 Å². The predicted octanol–water partition coefficient (Wildman–Crippen LogP) is 3.11. The van der Waals surface area contributed by atoms with Gasteiger partial charge in [-0.2, -0.15) is 13.2 Å². The third kappa shape index (κ3) is 5.66. The molecule has 0 heterocycles. The van der Waals surface area contributed by atoms with Crippen LogP contribution in [0.15, 0.2) is 24.3 Å². The van der Waals surface area contributed by atoms with Crippen LogP contribution in [-0.4, -0.2) is 24.3 Å². The van der Waals surface area contributed by atoms with Crippen LogP contribution in [-0.2, 0) is 9.63 Å². The van der Waals surface area contributed by atoms with Gasteiger partial charge in [-0.15, -0.1) is 0 Å². The van der Waals surface area contributed by atoms with E-state index in [0.717, 1.165) is 0 Å². The molecule has 8 heteroatoms. The van der Waals surface area contributed by atoms with Gasteiger partial charge in [-0.3, -0.25) is 9.63 Å². The minimum atomic E-state index is -4.52. The Morgan fingerprint density at radius 3 is 2.30 bits per heavy atom. The van der Waals surface area contributed by atoms with Crippen molar-refractivity contribution >= 4 is 17.5 Å². The smallest absolute Gasteiger partial charge is 0.414 e. The summed E-state index contributed by atoms with van der Waals surface area (Å²) in [5.41, 5.74) is 0.298. The molecule has 20 heavy (non-hydrogen) atoms. The van der Waals surface area contributed by atoms with E-state index >= 15 is 0 Å². The van der Waals surface area contributed by atoms with E-state index in [1.165, 1.54) is 26.0 Å². The van der Waals surface area contributed by atoms with Crippen LogP contribution >= 0.6 is 11.6 Å². The Hall–Kier alpha value is -1.47. The maximum atomic E-state index is 11.9. The van der Waals surface area contributed by atoms with E-state index in [9.17, 15) is 18.0 Å². The zero-order chi connectivity index (χ0) is 15.4. The summed E-state index contributed by atoms with van der Waals surface area (Å²) in [4.78, 5) is 15.7. The summed E-state index contributed by atoms with van der Waals surface area (Å²) in [6.07, 6.45) is -4.52. The third-order valence-electron chi connectivity index (χ3n) is 2.13. The van der Waals surface area contributed by atoms with Crippen molar-refractivity contribution in [3.8, 4) is 5.75 Å². The Balaban J connectivity index is 2.54. The normalized spacial score (nSPS) is 12.1. The number of hydrogen-bond donors (Lipinski definition) is 1. The first-order chi connectivity index (χ1) is 9.10. The number of alkyl halides is 3. The molecule has 0 bridgehead atoms. The molecule has 0 saturated carbocycles. The first kappa shape index (κ1) is 16.6. The van der Waals surface area contributed by atoms with Crippen molar-refractivity contribution < 1.29 is 27.5 Å². The number of nitrogens with one attached hydrogen (secondary N) is 1. The topological polar surface area (TPSA) is 47.6 Å². The Kier molecular flexibility index (Phi) is 5.24. The zero-order valence-electron chi connectivity index (χ0n) is 10.8. The molecule has 0 fully saturated rings. The highest BCUT2D eigenvalue weighted by atomic mass is 35.5. The van der Waals surface area contributed by atoms with Gasteiger partial charge in [0, 0.05) is 5.02 Å². The van der Waals surface area contributed by atoms with Crippen LogP contribution in [0.2, 0.25) is 5.02 Å². The molecule has 1 N–H and O–H groups in total. The fourth-order valence-electron chi connectivity index (χ4n) is 1.15. The molecule has 0 aliphatic carbocycles. The van der Waals surface area contributed by atoms with Gasteiger partial charge >= 0.3 is 6.18 Å². The fourth-order valence-corrected chi connectivity index (χ4v) is 1.28. The van der Waals surface area contributed by atoms with Crippen LogP contribution in [0.1, 0.15) is 13.8 Å². The number of hydrogen-bond acceptors (Lipinski definition) is 3. The molecule has 4 nitrogen and oxygen atoms in total. The van der Waals surface area contributed by atoms with Crippen LogP contribution in [0.3, 0.4) is 0 Å². The van der Waals surface area contributed by atoms with E-state index < -0.39 is 24.3 Å². The summed E-state index contributed by atoms with van der Waals surface area (Å²) in [5.74, 6) is -0.484. The molecule has 0 radical (unpaired) electrons. The lowest BCUT2D eigenvalue weighted by molar-refractivity contribution is -0.195. The van der Waals surface area contributed by atoms with Crippen molar-refractivity contribution in [3.05, 3.63) is 29.3 Å². The van der Waals surface area contributed by atoms with Gasteiger partial charge < -0.3 is 4.74 Å². The van der Waals surface area contributed by atoms with Gasteiger partial charge in [0.1, 0.15) is 5.75 Å². The Morgan fingerprint density at radius 2 is 1.80 bits per heavy atom. The van der Waals surface area contributed by atoms with Crippen LogP contribution < -0.4 is 10.2 Å². The predicted molar refractivity (Wildman–Crippen MR) is 66.3 cm³/mol. The highest BCUT2D eigenvalue weighted by molar-refractivity contribution is 6.30. The van der Waals surface area contributed by atoms with E-state index in [2.05, 4.69) is 4.84 Å². The number of carbonyl (C=O) groups is 1. The molecule has 0 aromatic heterocycles. The second-order valence-corrected chi connectivity index (χ2v) is 4.84. The van der Waals surface area contributed by atoms with Crippen molar-refractivity contribution in [3.63, 3.8) is 0 Å². The maximum absolute atomic E-state index is 11.9. The number of halogens is 4. The molecule has 0 unspecified atom stereocenters. The molecule has 0 spiro atoms. The van der Waals surface area contributed by atoms with Gasteiger partial charge in [-0.1, -0.05) is 11.6 Å². The van der Waals surface area contributed by atoms with Gasteiger partial charge in [-0.05, 0) is 38.1 Å². The first-order valence-electron chi connectivity index (χ1n) is 5.54. The van der Waals surface area contributed by atoms with Crippen molar-refractivity contribution in [2.75, 3.05) is 6.61 Å². The Bertz CT molecular complexity index is 460. The van der Waals surface area contributed by atoms with Crippen molar-refractivity contribution in [2.45, 2.75) is 25.6 Å². The average molecular weight is 312 g/mol. The Morgan fingerprint density at radius 1 is 1.25 bits per heavy atom. The number of benzene rings is 1. The molecule has 0 atom stereocenters. The summed E-state index contributed by atoms with van der Waals surface area (Å²) in [6.45, 7) is 1.22. The molecular formula is C12H13ClF3NO3. The molecule has 0 aliphatic rings. The lowest BCUT2D eigenvalue weighted by Crippen LogP contribution is -2.47. The van der Waals surface area contributed by atoms with Crippen LogP contribution in [0, 0.1) is 0 Å². The van der Waals surface area contributed by atoms with Gasteiger partial charge in [0.15, 0.2) is 12.2 Å². The lowest BCUT2D eigenvalue weighted by Gasteiger charge is -2.25. The monoisotopic (exact) mass is 311 g/mol. The van der Waals surface area contributed by atoms with Crippen molar-refractivity contribution in [2.24, 2.45) is 0 Å². The van der Waals surface area contributed by atoms with Crippen LogP contribution in [0.5, 0.6) is 5.75 Å². The van der Waals surface area contributed by atoms with Gasteiger partial charge in [0.25, 0.3) is 5.91 Å². The van der Waals surface area contributed by atoms with E-state index in [-0.39, 0.29) is 0 Å². The van der Waals surface area contributed by atoms with Crippen LogP contribution in [0.4, 0.5) is 13.2 Å². The molecular weight excluding hydrogens is 299 g/mol. The SMILES string of the molecule is CC(C)(Oc1ccc(Cl)cc1)C(=O)NOCC(F)(F)F. The number of amides is 1. The fraction of sp³-hybridized carbons (Fsp3) is 0.417. The summed E-state index contributed by atoms with van der Waals surface area (Å²) < 4.78 is 41.0. The van der Waals surface area contributed by atoms with E-state index in [1.807, 2.05) is 0 Å². The molecule has 1 rings (SSSR count). The number of ether oxygens (including phenoxy) is 1. The molecule has 1 aromatic rings. The number of hydroxylamine groups is 1. The average Bonchev–Trinajstić information content (AvgIpc) is 2.30. The van der Waals surface area contributed by atoms with Gasteiger partial charge in [0.2, 0.25) is 0 Å². The molecule has 112 valence electrons. The second-order valence-electron chi connectivity index (χ2n) is 4.40.